The molecule has 0 radical (unpaired) electrons. The van der Waals surface area contributed by atoms with Crippen molar-refractivity contribution in [1.29, 1.82) is 0 Å². The second-order valence-electron chi connectivity index (χ2n) is 7.60. The van der Waals surface area contributed by atoms with E-state index in [0.717, 1.165) is 31.6 Å². The van der Waals surface area contributed by atoms with Gasteiger partial charge in [0.1, 0.15) is 23.0 Å². The second-order valence-corrected chi connectivity index (χ2v) is 11.4. The Balaban J connectivity index is 1.86. The maximum Gasteiger partial charge on any atom is 0.246 e. The molecule has 2 aromatic rings. The molecule has 0 atom stereocenters. The summed E-state index contributed by atoms with van der Waals surface area (Å²) in [5.74, 6) is -1.44. The van der Waals surface area contributed by atoms with Crippen molar-refractivity contribution >= 4 is 37.3 Å². The van der Waals surface area contributed by atoms with Crippen LogP contribution >= 0.6 is 0 Å². The maximum atomic E-state index is 14.2. The number of hydrogen-bond donors (Lipinski definition) is 1. The van der Waals surface area contributed by atoms with Crippen LogP contribution < -0.4 is 14.4 Å². The molecular weight excluding hydrogens is 473 g/mol. The minimum atomic E-state index is -3.97. The number of sulfonamides is 2. The van der Waals surface area contributed by atoms with Gasteiger partial charge in [0.2, 0.25) is 26.0 Å². The molecule has 1 amide bonds. The molecule has 1 aliphatic heterocycles. The van der Waals surface area contributed by atoms with E-state index < -0.39 is 38.3 Å². The first-order chi connectivity index (χ1) is 15.5. The average Bonchev–Trinajstić information content (AvgIpc) is 2.78. The van der Waals surface area contributed by atoms with Gasteiger partial charge in [0.15, 0.2) is 0 Å². The molecule has 0 aliphatic carbocycles. The number of methoxy groups -OCH3 is 1. The molecule has 0 unspecified atom stereocenters. The zero-order chi connectivity index (χ0) is 24.2. The highest BCUT2D eigenvalue weighted by molar-refractivity contribution is 7.92. The van der Waals surface area contributed by atoms with E-state index in [1.807, 2.05) is 0 Å². The van der Waals surface area contributed by atoms with Gasteiger partial charge >= 0.3 is 0 Å². The summed E-state index contributed by atoms with van der Waals surface area (Å²) in [6.45, 7) is 0.0993. The highest BCUT2D eigenvalue weighted by Crippen LogP contribution is 2.31. The maximum absolute atomic E-state index is 14.2. The number of hydrogen-bond acceptors (Lipinski definition) is 6. The van der Waals surface area contributed by atoms with Gasteiger partial charge in [-0.05, 0) is 43.2 Å². The van der Waals surface area contributed by atoms with Crippen LogP contribution in [0, 0.1) is 5.82 Å². The van der Waals surface area contributed by atoms with Crippen molar-refractivity contribution in [3.63, 3.8) is 0 Å². The summed E-state index contributed by atoms with van der Waals surface area (Å²) >= 11 is 0. The van der Waals surface area contributed by atoms with Crippen molar-refractivity contribution in [1.82, 2.24) is 4.31 Å². The zero-order valence-corrected chi connectivity index (χ0v) is 20.0. The highest BCUT2D eigenvalue weighted by Gasteiger charge is 2.30. The molecule has 1 aliphatic rings. The quantitative estimate of drug-likeness (QED) is 0.597. The van der Waals surface area contributed by atoms with Crippen LogP contribution in [0.3, 0.4) is 0 Å². The van der Waals surface area contributed by atoms with Crippen LogP contribution in [0.4, 0.5) is 15.8 Å². The first kappa shape index (κ1) is 24.9. The first-order valence-electron chi connectivity index (χ1n) is 10.2. The molecule has 0 spiro atoms. The molecule has 0 saturated carbocycles. The van der Waals surface area contributed by atoms with Gasteiger partial charge in [-0.25, -0.2) is 21.2 Å². The van der Waals surface area contributed by atoms with Crippen molar-refractivity contribution in [2.45, 2.75) is 24.2 Å². The van der Waals surface area contributed by atoms with Crippen LogP contribution in [0.1, 0.15) is 19.3 Å². The molecule has 33 heavy (non-hydrogen) atoms. The molecule has 9 nitrogen and oxygen atoms in total. The predicted octanol–water partition coefficient (Wildman–Crippen LogP) is 2.41. The monoisotopic (exact) mass is 499 g/mol. The van der Waals surface area contributed by atoms with Gasteiger partial charge in [0, 0.05) is 18.8 Å². The summed E-state index contributed by atoms with van der Waals surface area (Å²) in [5, 5.41) is 2.49. The molecule has 1 saturated heterocycles. The van der Waals surface area contributed by atoms with E-state index in [1.165, 1.54) is 47.8 Å². The van der Waals surface area contributed by atoms with Crippen molar-refractivity contribution in [3.8, 4) is 5.75 Å². The lowest BCUT2D eigenvalue weighted by Crippen LogP contribution is -2.38. The van der Waals surface area contributed by atoms with Crippen LogP contribution in [-0.2, 0) is 24.8 Å². The topological polar surface area (TPSA) is 113 Å². The molecule has 1 heterocycles. The predicted molar refractivity (Wildman–Crippen MR) is 123 cm³/mol. The fourth-order valence-corrected chi connectivity index (χ4v) is 6.12. The third kappa shape index (κ3) is 5.81. The Kier molecular flexibility index (Phi) is 7.60. The van der Waals surface area contributed by atoms with E-state index in [-0.39, 0.29) is 22.0 Å². The number of ether oxygens (including phenoxy) is 1. The molecule has 3 rings (SSSR count). The number of amides is 1. The number of anilines is 2. The Morgan fingerprint density at radius 1 is 1.09 bits per heavy atom. The van der Waals surface area contributed by atoms with Gasteiger partial charge in [0.25, 0.3) is 0 Å². The normalized spacial score (nSPS) is 15.1. The number of halogens is 1. The van der Waals surface area contributed by atoms with E-state index >= 15 is 0 Å². The number of rotatable bonds is 8. The van der Waals surface area contributed by atoms with Gasteiger partial charge in [-0.3, -0.25) is 9.10 Å². The van der Waals surface area contributed by atoms with Crippen molar-refractivity contribution < 1.29 is 30.8 Å². The van der Waals surface area contributed by atoms with Gasteiger partial charge in [-0.15, -0.1) is 0 Å². The summed E-state index contributed by atoms with van der Waals surface area (Å²) in [5.41, 5.74) is -0.128. The molecule has 180 valence electrons. The molecule has 0 bridgehead atoms. The fourth-order valence-electron chi connectivity index (χ4n) is 3.57. The lowest BCUT2D eigenvalue weighted by atomic mass is 10.2. The lowest BCUT2D eigenvalue weighted by molar-refractivity contribution is -0.114. The van der Waals surface area contributed by atoms with E-state index in [1.54, 1.807) is 0 Å². The Morgan fingerprint density at radius 2 is 1.76 bits per heavy atom. The summed E-state index contributed by atoms with van der Waals surface area (Å²) in [4.78, 5) is 12.5. The Hall–Kier alpha value is -2.70. The largest absolute Gasteiger partial charge is 0.495 e. The molecule has 0 aromatic heterocycles. The number of nitrogens with zero attached hydrogens (tertiary/aromatic N) is 2. The van der Waals surface area contributed by atoms with Crippen LogP contribution in [0.5, 0.6) is 5.75 Å². The van der Waals surface area contributed by atoms with Crippen LogP contribution in [0.2, 0.25) is 0 Å². The Labute approximate surface area is 193 Å². The zero-order valence-electron chi connectivity index (χ0n) is 18.3. The Bertz CT molecular complexity index is 1230. The number of carbonyl (C=O) groups excluding carboxylic acids is 1. The van der Waals surface area contributed by atoms with Crippen molar-refractivity contribution in [2.24, 2.45) is 0 Å². The van der Waals surface area contributed by atoms with Gasteiger partial charge in [-0.1, -0.05) is 18.6 Å². The second kappa shape index (κ2) is 10.1. The third-order valence-electron chi connectivity index (χ3n) is 5.19. The van der Waals surface area contributed by atoms with E-state index in [4.69, 9.17) is 4.74 Å². The lowest BCUT2D eigenvalue weighted by Gasteiger charge is -2.27. The number of carbonyl (C=O) groups is 1. The smallest absolute Gasteiger partial charge is 0.246 e. The summed E-state index contributed by atoms with van der Waals surface area (Å²) in [7, 11) is -6.48. The molecule has 1 N–H and O–H groups in total. The Morgan fingerprint density at radius 3 is 2.36 bits per heavy atom. The number of benzene rings is 2. The minimum absolute atomic E-state index is 0.0984. The van der Waals surface area contributed by atoms with Crippen LogP contribution in [0.25, 0.3) is 0 Å². The van der Waals surface area contributed by atoms with Crippen LogP contribution in [-0.4, -0.2) is 60.0 Å². The summed E-state index contributed by atoms with van der Waals surface area (Å²) in [6, 6.07) is 9.33. The SMILES string of the molecule is COc1ccc(NC(=O)CN(c2ccccc2F)S(C)(=O)=O)cc1S(=O)(=O)N1CCCCC1. The van der Waals surface area contributed by atoms with Gasteiger partial charge < -0.3 is 10.1 Å². The molecule has 2 aromatic carbocycles. The fraction of sp³-hybridized carbons (Fsp3) is 0.381. The van der Waals surface area contributed by atoms with E-state index in [0.29, 0.717) is 17.4 Å². The number of para-hydroxylation sites is 1. The van der Waals surface area contributed by atoms with Gasteiger partial charge in [0.05, 0.1) is 19.1 Å². The summed E-state index contributed by atoms with van der Waals surface area (Å²) in [6.07, 6.45) is 3.34. The standard InChI is InChI=1S/C21H26FN3O6S2/c1-31-19-11-10-16(14-20(19)33(29,30)24-12-6-3-7-13-24)23-21(26)15-25(32(2,27)28)18-9-5-4-8-17(18)22/h4-5,8-11,14H,3,6-7,12-13,15H2,1-2H3,(H,23,26). The first-order valence-corrected chi connectivity index (χ1v) is 13.5. The number of piperidine rings is 1. The highest BCUT2D eigenvalue weighted by atomic mass is 32.2. The molecule has 1 fully saturated rings. The minimum Gasteiger partial charge on any atom is -0.495 e. The van der Waals surface area contributed by atoms with E-state index in [9.17, 15) is 26.0 Å². The molecule has 12 heteroatoms. The van der Waals surface area contributed by atoms with Crippen molar-refractivity contribution in [3.05, 3.63) is 48.3 Å². The third-order valence-corrected chi connectivity index (χ3v) is 8.24. The van der Waals surface area contributed by atoms with Gasteiger partial charge in [-0.2, -0.15) is 4.31 Å². The molecular formula is C21H26FN3O6S2. The van der Waals surface area contributed by atoms with E-state index in [2.05, 4.69) is 5.32 Å². The number of nitrogens with one attached hydrogen (secondary N) is 1. The van der Waals surface area contributed by atoms with Crippen LogP contribution in [0.15, 0.2) is 47.4 Å². The van der Waals surface area contributed by atoms with Crippen molar-refractivity contribution in [2.75, 3.05) is 42.6 Å². The average molecular weight is 500 g/mol. The summed E-state index contributed by atoms with van der Waals surface area (Å²) < 4.78 is 72.1.